The van der Waals surface area contributed by atoms with Crippen molar-refractivity contribution in [2.45, 2.75) is 19.4 Å². The van der Waals surface area contributed by atoms with Crippen molar-refractivity contribution in [3.05, 3.63) is 89.4 Å². The van der Waals surface area contributed by atoms with Crippen LogP contribution in [0.1, 0.15) is 12.5 Å². The molecule has 0 aliphatic heterocycles. The molecular formula is C23H20ClNO3. The molecule has 0 aliphatic carbocycles. The summed E-state index contributed by atoms with van der Waals surface area (Å²) in [6.45, 7) is 1.54. The zero-order valence-corrected chi connectivity index (χ0v) is 16.1. The molecule has 1 N–H and O–H groups in total. The lowest BCUT2D eigenvalue weighted by Crippen LogP contribution is -2.30. The number of halogens is 1. The number of carbonyl (C=O) groups is 2. The van der Waals surface area contributed by atoms with E-state index in [9.17, 15) is 9.59 Å². The molecule has 0 aliphatic rings. The Morgan fingerprint density at radius 3 is 2.29 bits per heavy atom. The van der Waals surface area contributed by atoms with Crippen molar-refractivity contribution in [3.63, 3.8) is 0 Å². The smallest absolute Gasteiger partial charge is 0.311 e. The molecule has 28 heavy (non-hydrogen) atoms. The van der Waals surface area contributed by atoms with Gasteiger partial charge in [-0.15, -0.1) is 0 Å². The van der Waals surface area contributed by atoms with Gasteiger partial charge in [-0.05, 0) is 41.8 Å². The van der Waals surface area contributed by atoms with Gasteiger partial charge in [0.05, 0.1) is 6.42 Å². The van der Waals surface area contributed by atoms with Crippen LogP contribution >= 0.6 is 11.6 Å². The summed E-state index contributed by atoms with van der Waals surface area (Å²) in [5.41, 5.74) is 3.57. The molecule has 0 fully saturated rings. The molecule has 3 aromatic carbocycles. The molecule has 1 atom stereocenters. The summed E-state index contributed by atoms with van der Waals surface area (Å²) in [5.74, 6) is -0.865. The Balaban J connectivity index is 1.54. The van der Waals surface area contributed by atoms with Crippen LogP contribution in [-0.4, -0.2) is 18.0 Å². The molecule has 0 saturated carbocycles. The topological polar surface area (TPSA) is 55.4 Å². The van der Waals surface area contributed by atoms with Crippen molar-refractivity contribution in [2.24, 2.45) is 0 Å². The van der Waals surface area contributed by atoms with E-state index < -0.39 is 18.0 Å². The molecule has 142 valence electrons. The second-order valence-electron chi connectivity index (χ2n) is 6.37. The van der Waals surface area contributed by atoms with Crippen LogP contribution in [0.5, 0.6) is 0 Å². The van der Waals surface area contributed by atoms with Crippen molar-refractivity contribution in [2.75, 3.05) is 5.32 Å². The van der Waals surface area contributed by atoms with E-state index in [0.717, 1.165) is 16.7 Å². The number of hydrogen-bond acceptors (Lipinski definition) is 3. The van der Waals surface area contributed by atoms with E-state index in [2.05, 4.69) is 5.32 Å². The van der Waals surface area contributed by atoms with Gasteiger partial charge in [-0.1, -0.05) is 72.3 Å². The lowest BCUT2D eigenvalue weighted by atomic mass is 10.0. The molecule has 5 heteroatoms. The SMILES string of the molecule is C[C@H](OC(=O)Cc1ccc(-c2ccccc2)cc1)C(=O)Nc1cccc(Cl)c1. The minimum atomic E-state index is -0.907. The molecule has 0 saturated heterocycles. The average Bonchev–Trinajstić information content (AvgIpc) is 2.69. The minimum absolute atomic E-state index is 0.101. The first-order chi connectivity index (χ1) is 13.5. The van der Waals surface area contributed by atoms with Gasteiger partial charge in [0.1, 0.15) is 0 Å². The van der Waals surface area contributed by atoms with Gasteiger partial charge >= 0.3 is 5.97 Å². The molecule has 0 unspecified atom stereocenters. The molecule has 0 heterocycles. The third kappa shape index (κ3) is 5.44. The van der Waals surface area contributed by atoms with Crippen LogP contribution in [-0.2, 0) is 20.7 Å². The zero-order chi connectivity index (χ0) is 19.9. The summed E-state index contributed by atoms with van der Waals surface area (Å²) in [4.78, 5) is 24.3. The number of hydrogen-bond donors (Lipinski definition) is 1. The maximum atomic E-state index is 12.2. The summed E-state index contributed by atoms with van der Waals surface area (Å²) >= 11 is 5.90. The minimum Gasteiger partial charge on any atom is -0.452 e. The van der Waals surface area contributed by atoms with Gasteiger partial charge in [-0.3, -0.25) is 9.59 Å². The van der Waals surface area contributed by atoms with E-state index in [1.807, 2.05) is 54.6 Å². The maximum Gasteiger partial charge on any atom is 0.311 e. The molecule has 0 spiro atoms. The molecule has 0 aromatic heterocycles. The Bertz CT molecular complexity index is 955. The van der Waals surface area contributed by atoms with Crippen molar-refractivity contribution < 1.29 is 14.3 Å². The highest BCUT2D eigenvalue weighted by Crippen LogP contribution is 2.20. The van der Waals surface area contributed by atoms with Gasteiger partial charge < -0.3 is 10.1 Å². The van der Waals surface area contributed by atoms with Crippen LogP contribution < -0.4 is 5.32 Å². The van der Waals surface area contributed by atoms with Crippen LogP contribution in [0.15, 0.2) is 78.9 Å². The lowest BCUT2D eigenvalue weighted by molar-refractivity contribution is -0.152. The molecular weight excluding hydrogens is 374 g/mol. The van der Waals surface area contributed by atoms with Gasteiger partial charge in [0.2, 0.25) is 0 Å². The predicted molar refractivity (Wildman–Crippen MR) is 111 cm³/mol. The fourth-order valence-corrected chi connectivity index (χ4v) is 2.91. The number of ether oxygens (including phenoxy) is 1. The standard InChI is InChI=1S/C23H20ClNO3/c1-16(23(27)25-21-9-5-8-20(24)15-21)28-22(26)14-17-10-12-19(13-11-17)18-6-3-2-4-7-18/h2-13,15-16H,14H2,1H3,(H,25,27)/t16-/m0/s1. The number of esters is 1. The highest BCUT2D eigenvalue weighted by Gasteiger charge is 2.18. The second-order valence-corrected chi connectivity index (χ2v) is 6.81. The zero-order valence-electron chi connectivity index (χ0n) is 15.4. The Kier molecular flexibility index (Phi) is 6.45. The number of carbonyl (C=O) groups excluding carboxylic acids is 2. The Hall–Kier alpha value is -3.11. The largest absolute Gasteiger partial charge is 0.452 e. The van der Waals surface area contributed by atoms with Gasteiger partial charge in [0, 0.05) is 10.7 Å². The van der Waals surface area contributed by atoms with Gasteiger partial charge in [0.25, 0.3) is 5.91 Å². The van der Waals surface area contributed by atoms with E-state index >= 15 is 0 Å². The van der Waals surface area contributed by atoms with Crippen molar-refractivity contribution >= 4 is 29.2 Å². The monoisotopic (exact) mass is 393 g/mol. The van der Waals surface area contributed by atoms with Gasteiger partial charge in [0.15, 0.2) is 6.10 Å². The number of benzene rings is 3. The molecule has 3 aromatic rings. The molecule has 3 rings (SSSR count). The van der Waals surface area contributed by atoms with E-state index in [1.54, 1.807) is 24.3 Å². The molecule has 4 nitrogen and oxygen atoms in total. The first kappa shape index (κ1) is 19.6. The number of rotatable bonds is 6. The van der Waals surface area contributed by atoms with Crippen LogP contribution in [0, 0.1) is 0 Å². The van der Waals surface area contributed by atoms with E-state index in [4.69, 9.17) is 16.3 Å². The van der Waals surface area contributed by atoms with E-state index in [1.165, 1.54) is 6.92 Å². The van der Waals surface area contributed by atoms with Crippen LogP contribution in [0.2, 0.25) is 5.02 Å². The first-order valence-electron chi connectivity index (χ1n) is 8.91. The fraction of sp³-hybridized carbons (Fsp3) is 0.130. The molecule has 0 radical (unpaired) electrons. The summed E-state index contributed by atoms with van der Waals surface area (Å²) < 4.78 is 5.25. The second kappa shape index (κ2) is 9.20. The molecule has 0 bridgehead atoms. The Morgan fingerprint density at radius 1 is 0.929 bits per heavy atom. The first-order valence-corrected chi connectivity index (χ1v) is 9.29. The third-order valence-corrected chi connectivity index (χ3v) is 4.41. The summed E-state index contributed by atoms with van der Waals surface area (Å²) in [5, 5.41) is 3.19. The lowest BCUT2D eigenvalue weighted by Gasteiger charge is -2.14. The predicted octanol–water partition coefficient (Wildman–Crippen LogP) is 5.12. The summed E-state index contributed by atoms with van der Waals surface area (Å²) in [7, 11) is 0. The van der Waals surface area contributed by atoms with Gasteiger partial charge in [-0.2, -0.15) is 0 Å². The van der Waals surface area contributed by atoms with Crippen molar-refractivity contribution in [1.82, 2.24) is 0 Å². The number of nitrogens with one attached hydrogen (secondary N) is 1. The van der Waals surface area contributed by atoms with Crippen LogP contribution in [0.4, 0.5) is 5.69 Å². The normalized spacial score (nSPS) is 11.5. The third-order valence-electron chi connectivity index (χ3n) is 4.18. The Labute approximate surface area is 169 Å². The summed E-state index contributed by atoms with van der Waals surface area (Å²) in [6, 6.07) is 24.5. The highest BCUT2D eigenvalue weighted by molar-refractivity contribution is 6.30. The van der Waals surface area contributed by atoms with Crippen LogP contribution in [0.25, 0.3) is 11.1 Å². The summed E-state index contributed by atoms with van der Waals surface area (Å²) in [6.07, 6.45) is -0.806. The highest BCUT2D eigenvalue weighted by atomic mass is 35.5. The maximum absolute atomic E-state index is 12.2. The Morgan fingerprint density at radius 2 is 1.61 bits per heavy atom. The van der Waals surface area contributed by atoms with Crippen LogP contribution in [0.3, 0.4) is 0 Å². The molecule has 1 amide bonds. The van der Waals surface area contributed by atoms with E-state index in [-0.39, 0.29) is 6.42 Å². The van der Waals surface area contributed by atoms with E-state index in [0.29, 0.717) is 10.7 Å². The van der Waals surface area contributed by atoms with Crippen molar-refractivity contribution in [1.29, 1.82) is 0 Å². The average molecular weight is 394 g/mol. The number of amides is 1. The quantitative estimate of drug-likeness (QED) is 0.591. The fourth-order valence-electron chi connectivity index (χ4n) is 2.71. The van der Waals surface area contributed by atoms with Crippen molar-refractivity contribution in [3.8, 4) is 11.1 Å². The van der Waals surface area contributed by atoms with Gasteiger partial charge in [-0.25, -0.2) is 0 Å². The number of anilines is 1.